The van der Waals surface area contributed by atoms with Gasteiger partial charge in [-0.1, -0.05) is 19.1 Å². The molecular formula is C18H29IN4O2. The van der Waals surface area contributed by atoms with Gasteiger partial charge in [-0.15, -0.1) is 24.0 Å². The number of piperidine rings is 1. The molecule has 1 aromatic rings. The highest BCUT2D eigenvalue weighted by Gasteiger charge is 2.18. The van der Waals surface area contributed by atoms with Crippen LogP contribution in [0.1, 0.15) is 32.3 Å². The van der Waals surface area contributed by atoms with E-state index >= 15 is 0 Å². The van der Waals surface area contributed by atoms with Crippen LogP contribution in [0.3, 0.4) is 0 Å². The molecule has 0 radical (unpaired) electrons. The van der Waals surface area contributed by atoms with Crippen LogP contribution in [0.25, 0.3) is 0 Å². The minimum Gasteiger partial charge on any atom is -0.484 e. The van der Waals surface area contributed by atoms with E-state index in [9.17, 15) is 4.79 Å². The Hall–Kier alpha value is -1.51. The molecular weight excluding hydrogens is 431 g/mol. The number of hydrogen-bond acceptors (Lipinski definition) is 3. The van der Waals surface area contributed by atoms with Crippen LogP contribution >= 0.6 is 24.0 Å². The normalized spacial score (nSPS) is 15.4. The highest BCUT2D eigenvalue weighted by atomic mass is 127. The molecule has 2 rings (SSSR count). The number of rotatable bonds is 6. The monoisotopic (exact) mass is 460 g/mol. The quantitative estimate of drug-likeness (QED) is 0.388. The number of nitrogens with zero attached hydrogens (tertiary/aromatic N) is 2. The van der Waals surface area contributed by atoms with Gasteiger partial charge in [-0.05, 0) is 43.4 Å². The van der Waals surface area contributed by atoms with Crippen molar-refractivity contribution in [1.82, 2.24) is 10.2 Å². The number of carbonyl (C=O) groups excluding carboxylic acids is 1. The third-order valence-corrected chi connectivity index (χ3v) is 4.11. The van der Waals surface area contributed by atoms with Crippen LogP contribution in [0.4, 0.5) is 0 Å². The van der Waals surface area contributed by atoms with Gasteiger partial charge in [-0.3, -0.25) is 4.79 Å². The number of hydrogen-bond donors (Lipinski definition) is 2. The zero-order valence-electron chi connectivity index (χ0n) is 15.0. The summed E-state index contributed by atoms with van der Waals surface area (Å²) in [7, 11) is 0. The van der Waals surface area contributed by atoms with Crippen molar-refractivity contribution in [1.29, 1.82) is 0 Å². The summed E-state index contributed by atoms with van der Waals surface area (Å²) in [6.45, 7) is 7.80. The van der Waals surface area contributed by atoms with Crippen LogP contribution in [0.5, 0.6) is 5.75 Å². The number of nitrogens with two attached hydrogens (primary N) is 1. The highest BCUT2D eigenvalue weighted by Crippen LogP contribution is 2.17. The number of ether oxygens (including phenoxy) is 1. The van der Waals surface area contributed by atoms with Gasteiger partial charge in [0.25, 0.3) is 5.91 Å². The molecule has 1 saturated heterocycles. The van der Waals surface area contributed by atoms with Crippen molar-refractivity contribution in [3.63, 3.8) is 0 Å². The lowest BCUT2D eigenvalue weighted by molar-refractivity contribution is -0.119. The van der Waals surface area contributed by atoms with E-state index in [1.807, 2.05) is 24.3 Å². The summed E-state index contributed by atoms with van der Waals surface area (Å²) in [5, 5.41) is 3.38. The number of carbonyl (C=O) groups is 1. The van der Waals surface area contributed by atoms with E-state index in [1.54, 1.807) is 0 Å². The van der Waals surface area contributed by atoms with Crippen molar-refractivity contribution in [3.05, 3.63) is 29.8 Å². The highest BCUT2D eigenvalue weighted by molar-refractivity contribution is 14.0. The van der Waals surface area contributed by atoms with Crippen LogP contribution in [-0.2, 0) is 11.3 Å². The fourth-order valence-electron chi connectivity index (χ4n) is 2.70. The van der Waals surface area contributed by atoms with Crippen LogP contribution in [-0.4, -0.2) is 43.0 Å². The lowest BCUT2D eigenvalue weighted by Crippen LogP contribution is -2.45. The molecule has 1 aromatic carbocycles. The van der Waals surface area contributed by atoms with Crippen molar-refractivity contribution in [2.45, 2.75) is 33.2 Å². The van der Waals surface area contributed by atoms with Gasteiger partial charge in [0, 0.05) is 19.6 Å². The van der Waals surface area contributed by atoms with Gasteiger partial charge in [0.05, 0.1) is 6.54 Å². The molecule has 0 aliphatic carbocycles. The van der Waals surface area contributed by atoms with Gasteiger partial charge in [-0.25, -0.2) is 4.99 Å². The van der Waals surface area contributed by atoms with Crippen molar-refractivity contribution in [2.75, 3.05) is 26.2 Å². The third-order valence-electron chi connectivity index (χ3n) is 4.11. The van der Waals surface area contributed by atoms with Crippen LogP contribution in [0.2, 0.25) is 0 Å². The fraction of sp³-hybridized carbons (Fsp3) is 0.556. The summed E-state index contributed by atoms with van der Waals surface area (Å²) in [6, 6.07) is 7.61. The first-order valence-electron chi connectivity index (χ1n) is 8.61. The number of guanidine groups is 1. The number of aliphatic imine (C=N–C) groups is 1. The van der Waals surface area contributed by atoms with E-state index in [0.717, 1.165) is 37.1 Å². The first-order chi connectivity index (χ1) is 11.6. The van der Waals surface area contributed by atoms with Gasteiger partial charge in [0.1, 0.15) is 5.75 Å². The van der Waals surface area contributed by atoms with Gasteiger partial charge in [-0.2, -0.15) is 0 Å². The zero-order chi connectivity index (χ0) is 17.4. The molecule has 3 N–H and O–H groups in total. The molecule has 0 aromatic heterocycles. The number of primary amides is 1. The zero-order valence-corrected chi connectivity index (χ0v) is 17.4. The molecule has 1 aliphatic rings. The SMILES string of the molecule is CCNC(=NCc1cccc(OCC(N)=O)c1)N1CCC(C)CC1.I. The molecule has 0 unspecified atom stereocenters. The van der Waals surface area contributed by atoms with Crippen LogP contribution in [0, 0.1) is 5.92 Å². The van der Waals surface area contributed by atoms with E-state index in [0.29, 0.717) is 12.3 Å². The molecule has 1 fully saturated rings. The largest absolute Gasteiger partial charge is 0.484 e. The standard InChI is InChI=1S/C18H28N4O2.HI/c1-3-20-18(22-9-7-14(2)8-10-22)21-12-15-5-4-6-16(11-15)24-13-17(19)23;/h4-6,11,14H,3,7-10,12-13H2,1-2H3,(H2,19,23)(H,20,21);1H. The third kappa shape index (κ3) is 7.50. The summed E-state index contributed by atoms with van der Waals surface area (Å²) >= 11 is 0. The molecule has 7 heteroatoms. The minimum atomic E-state index is -0.479. The number of halogens is 1. The summed E-state index contributed by atoms with van der Waals surface area (Å²) in [6.07, 6.45) is 2.42. The van der Waals surface area contributed by atoms with Crippen LogP contribution < -0.4 is 15.8 Å². The van der Waals surface area contributed by atoms with Crippen LogP contribution in [0.15, 0.2) is 29.3 Å². The van der Waals surface area contributed by atoms with E-state index < -0.39 is 5.91 Å². The summed E-state index contributed by atoms with van der Waals surface area (Å²) in [5.41, 5.74) is 6.14. The maximum Gasteiger partial charge on any atom is 0.255 e. The minimum absolute atomic E-state index is 0. The summed E-state index contributed by atoms with van der Waals surface area (Å²) in [5.74, 6) is 1.92. The number of likely N-dealkylation sites (tertiary alicyclic amines) is 1. The van der Waals surface area contributed by atoms with E-state index in [4.69, 9.17) is 15.5 Å². The van der Waals surface area contributed by atoms with Gasteiger partial charge in [0.2, 0.25) is 0 Å². The number of nitrogens with one attached hydrogen (secondary N) is 1. The maximum absolute atomic E-state index is 10.8. The second-order valence-corrected chi connectivity index (χ2v) is 6.24. The smallest absolute Gasteiger partial charge is 0.255 e. The molecule has 25 heavy (non-hydrogen) atoms. The maximum atomic E-state index is 10.8. The second-order valence-electron chi connectivity index (χ2n) is 6.24. The topological polar surface area (TPSA) is 80.0 Å². The average Bonchev–Trinajstić information content (AvgIpc) is 2.58. The molecule has 140 valence electrons. The second kappa shape index (κ2) is 11.2. The Morgan fingerprint density at radius 2 is 2.12 bits per heavy atom. The lowest BCUT2D eigenvalue weighted by atomic mass is 10.00. The molecule has 0 atom stereocenters. The van der Waals surface area contributed by atoms with Crippen molar-refractivity contribution < 1.29 is 9.53 Å². The average molecular weight is 460 g/mol. The summed E-state index contributed by atoms with van der Waals surface area (Å²) in [4.78, 5) is 17.9. The molecule has 6 nitrogen and oxygen atoms in total. The summed E-state index contributed by atoms with van der Waals surface area (Å²) < 4.78 is 5.34. The molecule has 1 heterocycles. The first-order valence-corrected chi connectivity index (χ1v) is 8.61. The number of amides is 1. The molecule has 1 amide bonds. The van der Waals surface area contributed by atoms with Gasteiger partial charge in [0.15, 0.2) is 12.6 Å². The Bertz CT molecular complexity index is 572. The van der Waals surface area contributed by atoms with Crippen molar-refractivity contribution in [2.24, 2.45) is 16.6 Å². The lowest BCUT2D eigenvalue weighted by Gasteiger charge is -2.33. The molecule has 1 aliphatic heterocycles. The Labute approximate surface area is 167 Å². The van der Waals surface area contributed by atoms with Crippen molar-refractivity contribution >= 4 is 35.8 Å². The predicted octanol–water partition coefficient (Wildman–Crippen LogP) is 2.37. The van der Waals surface area contributed by atoms with E-state index in [2.05, 4.69) is 24.1 Å². The first kappa shape index (κ1) is 21.5. The Kier molecular flexibility index (Phi) is 9.62. The predicted molar refractivity (Wildman–Crippen MR) is 111 cm³/mol. The van der Waals surface area contributed by atoms with E-state index in [1.165, 1.54) is 12.8 Å². The number of benzene rings is 1. The molecule has 0 bridgehead atoms. The van der Waals surface area contributed by atoms with E-state index in [-0.39, 0.29) is 30.6 Å². The van der Waals surface area contributed by atoms with Gasteiger partial charge < -0.3 is 20.7 Å². The Balaban J connectivity index is 0.00000312. The van der Waals surface area contributed by atoms with Crippen molar-refractivity contribution in [3.8, 4) is 5.75 Å². The van der Waals surface area contributed by atoms with Gasteiger partial charge >= 0.3 is 0 Å². The molecule has 0 saturated carbocycles. The molecule has 0 spiro atoms. The Morgan fingerprint density at radius 1 is 1.40 bits per heavy atom. The fourth-order valence-corrected chi connectivity index (χ4v) is 2.70. The Morgan fingerprint density at radius 3 is 2.76 bits per heavy atom.